The molecule has 3 aliphatic rings. The van der Waals surface area contributed by atoms with Gasteiger partial charge in [0.25, 0.3) is 5.91 Å². The molecule has 0 saturated carbocycles. The van der Waals surface area contributed by atoms with Crippen LogP contribution in [0.5, 0.6) is 0 Å². The molecule has 40 heavy (non-hydrogen) atoms. The molecule has 0 spiro atoms. The van der Waals surface area contributed by atoms with Gasteiger partial charge in [-0.15, -0.1) is 0 Å². The number of amides is 3. The van der Waals surface area contributed by atoms with E-state index in [-0.39, 0.29) is 35.2 Å². The van der Waals surface area contributed by atoms with Crippen molar-refractivity contribution in [2.75, 3.05) is 32.7 Å². The quantitative estimate of drug-likeness (QED) is 0.398. The highest BCUT2D eigenvalue weighted by Gasteiger charge is 2.38. The van der Waals surface area contributed by atoms with Crippen molar-refractivity contribution in [3.05, 3.63) is 46.4 Å². The van der Waals surface area contributed by atoms with Crippen LogP contribution in [0.4, 0.5) is 17.6 Å². The first kappa shape index (κ1) is 30.9. The molecule has 0 radical (unpaired) electrons. The third-order valence-corrected chi connectivity index (χ3v) is 7.24. The molecule has 2 fully saturated rings. The number of aliphatic carboxylic acids is 1. The number of carbonyl (C=O) groups is 4. The van der Waals surface area contributed by atoms with Gasteiger partial charge in [-0.05, 0) is 56.5 Å². The number of halogens is 4. The summed E-state index contributed by atoms with van der Waals surface area (Å²) in [6, 6.07) is 4.81. The predicted molar refractivity (Wildman–Crippen MR) is 135 cm³/mol. The summed E-state index contributed by atoms with van der Waals surface area (Å²) < 4.78 is 46.3. The first-order valence-corrected chi connectivity index (χ1v) is 12.9. The molecule has 4 N–H and O–H groups in total. The molecule has 14 heteroatoms. The number of nitrogens with zero attached hydrogens (tertiary/aromatic N) is 2. The van der Waals surface area contributed by atoms with Gasteiger partial charge < -0.3 is 25.6 Å². The van der Waals surface area contributed by atoms with Crippen molar-refractivity contribution in [1.29, 1.82) is 0 Å². The largest absolute Gasteiger partial charge is 0.490 e. The highest BCUT2D eigenvalue weighted by molar-refractivity contribution is 5.95. The van der Waals surface area contributed by atoms with Crippen molar-refractivity contribution in [3.63, 3.8) is 0 Å². The molecule has 220 valence electrons. The molecule has 3 heterocycles. The summed E-state index contributed by atoms with van der Waals surface area (Å²) in [5, 5.41) is 10.5. The number of rotatable bonds is 5. The number of piperazine rings is 1. The molecule has 2 atom stereocenters. The van der Waals surface area contributed by atoms with Gasteiger partial charge in [0, 0.05) is 50.8 Å². The summed E-state index contributed by atoms with van der Waals surface area (Å²) in [5.74, 6) is -3.90. The van der Waals surface area contributed by atoms with Crippen LogP contribution in [-0.2, 0) is 20.8 Å². The van der Waals surface area contributed by atoms with E-state index in [2.05, 4.69) is 16.2 Å². The van der Waals surface area contributed by atoms with Crippen molar-refractivity contribution >= 4 is 23.7 Å². The summed E-state index contributed by atoms with van der Waals surface area (Å²) in [5.41, 5.74) is 8.13. The summed E-state index contributed by atoms with van der Waals surface area (Å²) in [7, 11) is 0. The van der Waals surface area contributed by atoms with Crippen LogP contribution in [0.3, 0.4) is 0 Å². The van der Waals surface area contributed by atoms with Crippen LogP contribution in [0.25, 0.3) is 0 Å². The number of benzene rings is 1. The number of hydrogen-bond acceptors (Lipinski definition) is 6. The second-order valence-electron chi connectivity index (χ2n) is 9.96. The van der Waals surface area contributed by atoms with Gasteiger partial charge in [-0.2, -0.15) is 13.2 Å². The molecule has 4 rings (SSSR count). The summed E-state index contributed by atoms with van der Waals surface area (Å²) >= 11 is 0. The first-order chi connectivity index (χ1) is 18.8. The van der Waals surface area contributed by atoms with E-state index < -0.39 is 18.0 Å². The maximum Gasteiger partial charge on any atom is 0.490 e. The van der Waals surface area contributed by atoms with Crippen LogP contribution in [0.2, 0.25) is 0 Å². The minimum absolute atomic E-state index is 0.0357. The van der Waals surface area contributed by atoms with Crippen molar-refractivity contribution < 1.29 is 41.8 Å². The Labute approximate surface area is 228 Å². The van der Waals surface area contributed by atoms with Gasteiger partial charge in [0.05, 0.1) is 11.5 Å². The van der Waals surface area contributed by atoms with E-state index >= 15 is 0 Å². The number of carboxylic acids is 1. The predicted octanol–water partition coefficient (Wildman–Crippen LogP) is 1.97. The molecule has 2 saturated heterocycles. The zero-order valence-corrected chi connectivity index (χ0v) is 22.2. The fraction of sp³-hybridized carbons (Fsp3) is 0.538. The molecule has 0 bridgehead atoms. The minimum Gasteiger partial charge on any atom is -0.475 e. The van der Waals surface area contributed by atoms with E-state index in [0.29, 0.717) is 39.0 Å². The Morgan fingerprint density at radius 2 is 1.70 bits per heavy atom. The smallest absolute Gasteiger partial charge is 0.475 e. The fourth-order valence-corrected chi connectivity index (χ4v) is 4.64. The normalized spacial score (nSPS) is 21.3. The van der Waals surface area contributed by atoms with E-state index in [9.17, 15) is 31.9 Å². The highest BCUT2D eigenvalue weighted by Crippen LogP contribution is 2.22. The van der Waals surface area contributed by atoms with E-state index in [0.717, 1.165) is 36.2 Å². The van der Waals surface area contributed by atoms with Gasteiger partial charge in [0.2, 0.25) is 11.8 Å². The van der Waals surface area contributed by atoms with E-state index in [1.54, 1.807) is 21.9 Å². The lowest BCUT2D eigenvalue weighted by molar-refractivity contribution is -0.192. The zero-order valence-electron chi connectivity index (χ0n) is 22.2. The maximum atomic E-state index is 14.6. The van der Waals surface area contributed by atoms with Gasteiger partial charge in [0.15, 0.2) is 0 Å². The van der Waals surface area contributed by atoms with Gasteiger partial charge in [-0.25, -0.2) is 9.18 Å². The lowest BCUT2D eigenvalue weighted by Gasteiger charge is -2.35. The Morgan fingerprint density at radius 1 is 1.07 bits per heavy atom. The molecule has 10 nitrogen and oxygen atoms in total. The number of allylic oxidation sites excluding steroid dienone is 1. The van der Waals surface area contributed by atoms with Crippen LogP contribution < -0.4 is 16.2 Å². The minimum atomic E-state index is -5.08. The van der Waals surface area contributed by atoms with E-state index in [1.807, 2.05) is 13.8 Å². The number of carbonyl (C=O) groups excluding carboxylic acids is 3. The lowest BCUT2D eigenvalue weighted by Crippen LogP contribution is -2.51. The second-order valence-corrected chi connectivity index (χ2v) is 9.96. The molecule has 1 unspecified atom stereocenters. The Hall–Kier alpha value is -3.68. The van der Waals surface area contributed by atoms with Gasteiger partial charge in [-0.1, -0.05) is 6.07 Å². The van der Waals surface area contributed by atoms with Crippen LogP contribution in [0.1, 0.15) is 49.0 Å². The molecule has 0 aliphatic carbocycles. The van der Waals surface area contributed by atoms with Crippen molar-refractivity contribution in [3.8, 4) is 0 Å². The second kappa shape index (κ2) is 13.1. The van der Waals surface area contributed by atoms with Crippen molar-refractivity contribution in [2.24, 2.45) is 5.92 Å². The average molecular weight is 572 g/mol. The number of nitrogens with one attached hydrogen (secondary N) is 3. The maximum absolute atomic E-state index is 14.6. The topological polar surface area (TPSA) is 131 Å². The molecular weight excluding hydrogens is 538 g/mol. The Morgan fingerprint density at radius 3 is 2.27 bits per heavy atom. The molecular formula is C26H33F4N5O5. The summed E-state index contributed by atoms with van der Waals surface area (Å²) in [6.45, 7) is 6.40. The van der Waals surface area contributed by atoms with E-state index in [1.165, 1.54) is 6.07 Å². The molecule has 1 aromatic carbocycles. The van der Waals surface area contributed by atoms with Crippen LogP contribution in [0.15, 0.2) is 29.5 Å². The van der Waals surface area contributed by atoms with Crippen LogP contribution in [0, 0.1) is 11.7 Å². The molecule has 1 aromatic rings. The standard InChI is InChI=1S/C24H32FN5O3.C2HF3O2/c1-15-16(2)23(32)28-27-21(15)13-17-5-6-20(25)19(12-17)24(33)30-10-8-29(9-11-30)22(31)14-18-4-3-7-26-18;3-2(4,5)1(6)7/h5-6,12,16,18,26-27H,3-4,7-11,13-14H2,1-2H3,(H,28,32);(H,6,7)/t16?,18-;/m0./s1. The van der Waals surface area contributed by atoms with Crippen LogP contribution >= 0.6 is 0 Å². The number of alkyl halides is 3. The van der Waals surface area contributed by atoms with Crippen LogP contribution in [-0.4, -0.2) is 83.5 Å². The number of hydrogen-bond donors (Lipinski definition) is 4. The monoisotopic (exact) mass is 571 g/mol. The Bertz CT molecular complexity index is 1160. The number of hydrazine groups is 1. The summed E-state index contributed by atoms with van der Waals surface area (Å²) in [4.78, 5) is 49.7. The third kappa shape index (κ3) is 7.93. The molecule has 3 aliphatic heterocycles. The molecule has 3 amide bonds. The Balaban J connectivity index is 0.000000559. The van der Waals surface area contributed by atoms with Crippen molar-refractivity contribution in [2.45, 2.75) is 51.7 Å². The fourth-order valence-electron chi connectivity index (χ4n) is 4.64. The van der Waals surface area contributed by atoms with Gasteiger partial charge in [-0.3, -0.25) is 19.8 Å². The number of carboxylic acid groups (broad SMARTS) is 1. The van der Waals surface area contributed by atoms with Gasteiger partial charge >= 0.3 is 12.1 Å². The average Bonchev–Trinajstić information content (AvgIpc) is 3.42. The SMILES string of the molecule is CC1=C(Cc2ccc(F)c(C(=O)N3CCN(C(=O)C[C@@H]4CCCN4)CC3)c2)NNC(=O)C1C.O=C(O)C(F)(F)F. The third-order valence-electron chi connectivity index (χ3n) is 7.24. The first-order valence-electron chi connectivity index (χ1n) is 12.9. The van der Waals surface area contributed by atoms with Gasteiger partial charge in [0.1, 0.15) is 5.82 Å². The highest BCUT2D eigenvalue weighted by atomic mass is 19.4. The zero-order chi connectivity index (χ0) is 29.6. The Kier molecular flexibility index (Phi) is 10.1. The van der Waals surface area contributed by atoms with E-state index in [4.69, 9.17) is 9.90 Å². The molecule has 0 aromatic heterocycles. The van der Waals surface area contributed by atoms with Crippen molar-refractivity contribution in [1.82, 2.24) is 26.0 Å². The lowest BCUT2D eigenvalue weighted by atomic mass is 9.95. The summed E-state index contributed by atoms with van der Waals surface area (Å²) in [6.07, 6.45) is -2.01.